The molecule has 0 saturated carbocycles. The molecule has 4 aromatic rings. The normalized spacial score (nSPS) is 14.7. The van der Waals surface area contributed by atoms with E-state index in [1.165, 1.54) is 5.56 Å². The zero-order chi connectivity index (χ0) is 21.0. The molecule has 8 nitrogen and oxygen atoms in total. The lowest BCUT2D eigenvalue weighted by molar-refractivity contribution is 0.233. The molecule has 0 spiro atoms. The van der Waals surface area contributed by atoms with Crippen LogP contribution in [0, 0.1) is 0 Å². The molecular formula is C22H24N8S. The number of hydrogen-bond acceptors (Lipinski definition) is 8. The van der Waals surface area contributed by atoms with Crippen molar-refractivity contribution in [3.63, 3.8) is 0 Å². The summed E-state index contributed by atoms with van der Waals surface area (Å²) in [5.74, 6) is 1.46. The van der Waals surface area contributed by atoms with Crippen LogP contribution in [0.15, 0.2) is 53.9 Å². The van der Waals surface area contributed by atoms with Gasteiger partial charge in [0.15, 0.2) is 0 Å². The van der Waals surface area contributed by atoms with Gasteiger partial charge in [-0.05, 0) is 42.2 Å². The Morgan fingerprint density at radius 2 is 1.97 bits per heavy atom. The Morgan fingerprint density at radius 3 is 2.84 bits per heavy atom. The van der Waals surface area contributed by atoms with Crippen molar-refractivity contribution in [3.8, 4) is 11.3 Å². The van der Waals surface area contributed by atoms with Crippen molar-refractivity contribution in [2.24, 2.45) is 0 Å². The van der Waals surface area contributed by atoms with Crippen LogP contribution < -0.4 is 10.6 Å². The predicted octanol–water partition coefficient (Wildman–Crippen LogP) is 3.29. The third-order valence-electron chi connectivity index (χ3n) is 5.32. The van der Waals surface area contributed by atoms with E-state index in [0.29, 0.717) is 5.95 Å². The van der Waals surface area contributed by atoms with Crippen molar-refractivity contribution in [3.05, 3.63) is 54.5 Å². The fraction of sp³-hybridized carbons (Fsp3) is 0.273. The summed E-state index contributed by atoms with van der Waals surface area (Å²) in [5.41, 5.74) is 5.00. The third kappa shape index (κ3) is 4.68. The van der Waals surface area contributed by atoms with Gasteiger partial charge in [0.05, 0.1) is 21.8 Å². The van der Waals surface area contributed by atoms with E-state index in [4.69, 9.17) is 0 Å². The number of rotatable bonds is 6. The lowest BCUT2D eigenvalue weighted by Crippen LogP contribution is -2.42. The molecule has 0 atom stereocenters. The highest BCUT2D eigenvalue weighted by Crippen LogP contribution is 2.25. The Labute approximate surface area is 184 Å². The van der Waals surface area contributed by atoms with E-state index in [1.54, 1.807) is 18.1 Å². The van der Waals surface area contributed by atoms with Crippen molar-refractivity contribution in [1.29, 1.82) is 0 Å². The lowest BCUT2D eigenvalue weighted by Gasteiger charge is -2.27. The molecule has 3 N–H and O–H groups in total. The average molecular weight is 433 g/mol. The molecule has 0 amide bonds. The standard InChI is InChI=1S/C22H24N8S/c1-31-21-12-18(25-14-26-21)16-2-3-17-19(11-16)28-22(27-17)29-20-10-15(4-5-24-20)13-30-8-6-23-7-9-30/h2-5,10-12,14,23H,6-9,13H2,1H3,(H2,24,27,28,29). The van der Waals surface area contributed by atoms with Gasteiger partial charge < -0.3 is 15.6 Å². The molecule has 1 saturated heterocycles. The summed E-state index contributed by atoms with van der Waals surface area (Å²) in [7, 11) is 0. The number of nitrogens with zero attached hydrogens (tertiary/aromatic N) is 5. The molecule has 0 unspecified atom stereocenters. The van der Waals surface area contributed by atoms with E-state index in [0.717, 1.165) is 65.9 Å². The van der Waals surface area contributed by atoms with Gasteiger partial charge in [0.2, 0.25) is 5.95 Å². The summed E-state index contributed by atoms with van der Waals surface area (Å²) >= 11 is 1.60. The van der Waals surface area contributed by atoms with Crippen molar-refractivity contribution >= 4 is 34.6 Å². The number of nitrogens with one attached hydrogen (secondary N) is 3. The average Bonchev–Trinajstić information content (AvgIpc) is 3.21. The number of hydrogen-bond donors (Lipinski definition) is 3. The maximum absolute atomic E-state index is 4.66. The van der Waals surface area contributed by atoms with Crippen LogP contribution in [0.5, 0.6) is 0 Å². The van der Waals surface area contributed by atoms with Crippen molar-refractivity contribution < 1.29 is 0 Å². The van der Waals surface area contributed by atoms with Crippen molar-refractivity contribution in [2.45, 2.75) is 11.6 Å². The van der Waals surface area contributed by atoms with Crippen LogP contribution in [0.25, 0.3) is 22.3 Å². The van der Waals surface area contributed by atoms with Gasteiger partial charge in [-0.15, -0.1) is 11.8 Å². The summed E-state index contributed by atoms with van der Waals surface area (Å²) in [4.78, 5) is 23.6. The van der Waals surface area contributed by atoms with Crippen molar-refractivity contribution in [2.75, 3.05) is 37.8 Å². The van der Waals surface area contributed by atoms with Crippen molar-refractivity contribution in [1.82, 2.24) is 35.1 Å². The molecule has 9 heteroatoms. The first-order valence-corrected chi connectivity index (χ1v) is 11.5. The SMILES string of the molecule is CSc1cc(-c2ccc3nc(Nc4cc(CN5CCNCC5)ccn4)[nH]c3c2)ncn1. The van der Waals surface area contributed by atoms with E-state index in [1.807, 2.05) is 30.7 Å². The smallest absolute Gasteiger partial charge is 0.206 e. The minimum absolute atomic E-state index is 0.673. The minimum atomic E-state index is 0.673. The van der Waals surface area contributed by atoms with Crippen LogP contribution in [0.4, 0.5) is 11.8 Å². The number of fused-ring (bicyclic) bond motifs is 1. The Hall–Kier alpha value is -3.01. The number of piperazine rings is 1. The topological polar surface area (TPSA) is 94.7 Å². The lowest BCUT2D eigenvalue weighted by atomic mass is 10.1. The summed E-state index contributed by atoms with van der Waals surface area (Å²) < 4.78 is 0. The molecule has 0 bridgehead atoms. The molecule has 158 valence electrons. The fourth-order valence-corrected chi connectivity index (χ4v) is 4.11. The highest BCUT2D eigenvalue weighted by Gasteiger charge is 2.11. The van der Waals surface area contributed by atoms with Crippen LogP contribution in [-0.4, -0.2) is 62.3 Å². The molecule has 3 aromatic heterocycles. The second-order valence-electron chi connectivity index (χ2n) is 7.46. The molecule has 0 aliphatic carbocycles. The van der Waals surface area contributed by atoms with Crippen LogP contribution in [0.2, 0.25) is 0 Å². The van der Waals surface area contributed by atoms with Crippen LogP contribution in [0.1, 0.15) is 5.56 Å². The van der Waals surface area contributed by atoms with Gasteiger partial charge in [-0.2, -0.15) is 0 Å². The number of aromatic amines is 1. The van der Waals surface area contributed by atoms with Gasteiger partial charge in [0, 0.05) is 44.5 Å². The van der Waals surface area contributed by atoms with Crippen LogP contribution in [-0.2, 0) is 6.54 Å². The Kier molecular flexibility index (Phi) is 5.79. The first kappa shape index (κ1) is 19.9. The Balaban J connectivity index is 1.34. The largest absolute Gasteiger partial charge is 0.324 e. The summed E-state index contributed by atoms with van der Waals surface area (Å²) in [5, 5.41) is 7.65. The third-order valence-corrected chi connectivity index (χ3v) is 5.96. The Morgan fingerprint density at radius 1 is 1.06 bits per heavy atom. The number of H-pyrrole nitrogens is 1. The summed E-state index contributed by atoms with van der Waals surface area (Å²) in [6, 6.07) is 12.3. The molecule has 0 radical (unpaired) electrons. The minimum Gasteiger partial charge on any atom is -0.324 e. The van der Waals surface area contributed by atoms with E-state index in [9.17, 15) is 0 Å². The van der Waals surface area contributed by atoms with E-state index in [2.05, 4.69) is 58.7 Å². The maximum atomic E-state index is 4.66. The monoisotopic (exact) mass is 432 g/mol. The first-order valence-electron chi connectivity index (χ1n) is 10.3. The second kappa shape index (κ2) is 9.01. The first-order chi connectivity index (χ1) is 15.3. The zero-order valence-corrected chi connectivity index (χ0v) is 18.1. The molecule has 1 aliphatic rings. The van der Waals surface area contributed by atoms with Gasteiger partial charge in [-0.3, -0.25) is 4.90 Å². The Bertz CT molecular complexity index is 1190. The molecule has 1 aromatic carbocycles. The molecule has 4 heterocycles. The molecule has 31 heavy (non-hydrogen) atoms. The number of anilines is 2. The fourth-order valence-electron chi connectivity index (χ4n) is 3.73. The van der Waals surface area contributed by atoms with E-state index >= 15 is 0 Å². The van der Waals surface area contributed by atoms with Gasteiger partial charge in [-0.1, -0.05) is 6.07 Å². The molecule has 5 rings (SSSR count). The van der Waals surface area contributed by atoms with Gasteiger partial charge >= 0.3 is 0 Å². The van der Waals surface area contributed by atoms with Crippen LogP contribution >= 0.6 is 11.8 Å². The highest BCUT2D eigenvalue weighted by molar-refractivity contribution is 7.98. The maximum Gasteiger partial charge on any atom is 0.206 e. The number of pyridine rings is 1. The number of aromatic nitrogens is 5. The second-order valence-corrected chi connectivity index (χ2v) is 8.29. The zero-order valence-electron chi connectivity index (χ0n) is 17.3. The predicted molar refractivity (Wildman–Crippen MR) is 125 cm³/mol. The van der Waals surface area contributed by atoms with E-state index in [-0.39, 0.29) is 0 Å². The summed E-state index contributed by atoms with van der Waals surface area (Å²) in [6.07, 6.45) is 5.46. The molecule has 1 aliphatic heterocycles. The van der Waals surface area contributed by atoms with Gasteiger partial charge in [-0.25, -0.2) is 19.9 Å². The highest BCUT2D eigenvalue weighted by atomic mass is 32.2. The molecular weight excluding hydrogens is 408 g/mol. The number of benzene rings is 1. The van der Waals surface area contributed by atoms with Crippen LogP contribution in [0.3, 0.4) is 0 Å². The number of thioether (sulfide) groups is 1. The van der Waals surface area contributed by atoms with Gasteiger partial charge in [0.25, 0.3) is 0 Å². The van der Waals surface area contributed by atoms with E-state index < -0.39 is 0 Å². The van der Waals surface area contributed by atoms with Gasteiger partial charge in [0.1, 0.15) is 12.1 Å². The number of imidazole rings is 1. The summed E-state index contributed by atoms with van der Waals surface area (Å²) in [6.45, 7) is 5.17. The molecule has 1 fully saturated rings. The quantitative estimate of drug-likeness (QED) is 0.316.